The molecule has 0 bridgehead atoms. The zero-order valence-corrected chi connectivity index (χ0v) is 16.9. The van der Waals surface area contributed by atoms with Gasteiger partial charge in [-0.3, -0.25) is 19.3 Å². The number of hydrogen-bond acceptors (Lipinski definition) is 6. The molecule has 0 radical (unpaired) electrons. The molecule has 1 aliphatic heterocycles. The Balaban J connectivity index is 1.40. The van der Waals surface area contributed by atoms with E-state index in [1.807, 2.05) is 12.2 Å². The van der Waals surface area contributed by atoms with Crippen molar-refractivity contribution in [1.82, 2.24) is 0 Å². The van der Waals surface area contributed by atoms with Gasteiger partial charge in [0.1, 0.15) is 5.75 Å². The molecule has 4 rings (SSSR count). The van der Waals surface area contributed by atoms with Crippen molar-refractivity contribution in [2.75, 3.05) is 18.6 Å². The van der Waals surface area contributed by atoms with E-state index in [0.717, 1.165) is 0 Å². The van der Waals surface area contributed by atoms with Gasteiger partial charge >= 0.3 is 5.97 Å². The Labute approximate surface area is 179 Å². The van der Waals surface area contributed by atoms with Crippen molar-refractivity contribution < 1.29 is 28.7 Å². The standard InChI is InChI=1S/C24H21NO6/c1-30-18-6-4-5-16(13-18)21(26)14-31-24(29)15-9-11-17(12-10-15)25-22(27)19-7-2-3-8-20(19)23(25)28/h2-6,9-13,19-20H,7-8,14H2,1H3/t19-,20+. The molecule has 2 aromatic carbocycles. The number of amides is 2. The lowest BCUT2D eigenvalue weighted by molar-refractivity contribution is -0.122. The first-order valence-electron chi connectivity index (χ1n) is 9.97. The molecule has 0 aromatic heterocycles. The lowest BCUT2D eigenvalue weighted by atomic mass is 9.85. The van der Waals surface area contributed by atoms with Gasteiger partial charge in [-0.2, -0.15) is 0 Å². The van der Waals surface area contributed by atoms with Crippen LogP contribution in [0, 0.1) is 11.8 Å². The van der Waals surface area contributed by atoms with E-state index in [4.69, 9.17) is 9.47 Å². The number of carbonyl (C=O) groups is 4. The quantitative estimate of drug-likeness (QED) is 0.309. The summed E-state index contributed by atoms with van der Waals surface area (Å²) in [4.78, 5) is 51.1. The van der Waals surface area contributed by atoms with E-state index >= 15 is 0 Å². The van der Waals surface area contributed by atoms with Crippen LogP contribution >= 0.6 is 0 Å². The summed E-state index contributed by atoms with van der Waals surface area (Å²) in [7, 11) is 1.50. The molecule has 7 heteroatoms. The second-order valence-electron chi connectivity index (χ2n) is 7.45. The molecule has 7 nitrogen and oxygen atoms in total. The fraction of sp³-hybridized carbons (Fsp3) is 0.250. The number of methoxy groups -OCH3 is 1. The van der Waals surface area contributed by atoms with Crippen LogP contribution in [0.25, 0.3) is 0 Å². The Morgan fingerprint density at radius 3 is 2.19 bits per heavy atom. The molecule has 1 aliphatic carbocycles. The van der Waals surface area contributed by atoms with Gasteiger partial charge in [-0.05, 0) is 49.2 Å². The monoisotopic (exact) mass is 419 g/mol. The average Bonchev–Trinajstić information content (AvgIpc) is 3.07. The first-order valence-corrected chi connectivity index (χ1v) is 9.97. The van der Waals surface area contributed by atoms with Crippen LogP contribution < -0.4 is 9.64 Å². The summed E-state index contributed by atoms with van der Waals surface area (Å²) in [5.41, 5.74) is 1.03. The first kappa shape index (κ1) is 20.5. The van der Waals surface area contributed by atoms with Gasteiger partial charge in [-0.15, -0.1) is 0 Å². The minimum absolute atomic E-state index is 0.210. The summed E-state index contributed by atoms with van der Waals surface area (Å²) in [6, 6.07) is 12.6. The maximum Gasteiger partial charge on any atom is 0.338 e. The smallest absolute Gasteiger partial charge is 0.338 e. The Bertz CT molecular complexity index is 1050. The van der Waals surface area contributed by atoms with Gasteiger partial charge < -0.3 is 9.47 Å². The van der Waals surface area contributed by atoms with E-state index in [1.54, 1.807) is 36.4 Å². The number of ketones is 1. The number of ether oxygens (including phenoxy) is 2. The summed E-state index contributed by atoms with van der Waals surface area (Å²) >= 11 is 0. The number of esters is 1. The predicted octanol–water partition coefficient (Wildman–Crippen LogP) is 3.19. The van der Waals surface area contributed by atoms with E-state index in [-0.39, 0.29) is 35.0 Å². The summed E-state index contributed by atoms with van der Waals surface area (Å²) in [6.45, 7) is -0.410. The molecular weight excluding hydrogens is 398 g/mol. The number of fused-ring (bicyclic) bond motifs is 1. The summed E-state index contributed by atoms with van der Waals surface area (Å²) in [5, 5.41) is 0. The van der Waals surface area contributed by atoms with Gasteiger partial charge in [0, 0.05) is 5.56 Å². The zero-order valence-electron chi connectivity index (χ0n) is 16.9. The number of anilines is 1. The molecule has 1 saturated heterocycles. The zero-order chi connectivity index (χ0) is 22.0. The van der Waals surface area contributed by atoms with Gasteiger partial charge in [-0.1, -0.05) is 24.3 Å². The average molecular weight is 419 g/mol. The minimum Gasteiger partial charge on any atom is -0.497 e. The van der Waals surface area contributed by atoms with E-state index in [2.05, 4.69) is 0 Å². The molecule has 158 valence electrons. The SMILES string of the molecule is COc1cccc(C(=O)COC(=O)c2ccc(N3C(=O)[C@H]4CC=CC[C@H]4C3=O)cc2)c1. The van der Waals surface area contributed by atoms with Crippen molar-refractivity contribution in [3.8, 4) is 5.75 Å². The van der Waals surface area contributed by atoms with Crippen LogP contribution in [0.5, 0.6) is 5.75 Å². The highest BCUT2D eigenvalue weighted by Gasteiger charge is 2.47. The van der Waals surface area contributed by atoms with Crippen LogP contribution in [-0.4, -0.2) is 37.3 Å². The number of Topliss-reactive ketones (excluding diaryl/α,β-unsaturated/α-hetero) is 1. The number of carbonyl (C=O) groups excluding carboxylic acids is 4. The number of hydrogen-bond donors (Lipinski definition) is 0. The van der Waals surface area contributed by atoms with Crippen LogP contribution in [0.1, 0.15) is 33.6 Å². The van der Waals surface area contributed by atoms with Gasteiger partial charge in [-0.25, -0.2) is 4.79 Å². The maximum atomic E-state index is 12.7. The molecule has 1 heterocycles. The Kier molecular flexibility index (Phi) is 5.66. The second-order valence-corrected chi connectivity index (χ2v) is 7.45. The molecule has 2 aliphatic rings. The minimum atomic E-state index is -0.667. The van der Waals surface area contributed by atoms with E-state index in [0.29, 0.717) is 29.8 Å². The first-order chi connectivity index (χ1) is 15.0. The van der Waals surface area contributed by atoms with Crippen molar-refractivity contribution >= 4 is 29.3 Å². The summed E-state index contributed by atoms with van der Waals surface area (Å²) in [5.74, 6) is -1.53. The molecule has 2 aromatic rings. The lowest BCUT2D eigenvalue weighted by Crippen LogP contribution is -2.30. The number of allylic oxidation sites excluding steroid dienone is 2. The van der Waals surface area contributed by atoms with Gasteiger partial charge in [0.15, 0.2) is 12.4 Å². The summed E-state index contributed by atoms with van der Waals surface area (Å²) in [6.07, 6.45) is 5.00. The van der Waals surface area contributed by atoms with E-state index in [1.165, 1.54) is 24.1 Å². The molecule has 0 unspecified atom stereocenters. The topological polar surface area (TPSA) is 90.0 Å². The molecule has 0 saturated carbocycles. The van der Waals surface area contributed by atoms with Crippen LogP contribution in [0.3, 0.4) is 0 Å². The highest BCUT2D eigenvalue weighted by atomic mass is 16.5. The third-order valence-corrected chi connectivity index (χ3v) is 5.59. The van der Waals surface area contributed by atoms with Gasteiger partial charge in [0.05, 0.1) is 30.2 Å². The van der Waals surface area contributed by atoms with E-state index in [9.17, 15) is 19.2 Å². The highest BCUT2D eigenvalue weighted by Crippen LogP contribution is 2.37. The summed E-state index contributed by atoms with van der Waals surface area (Å²) < 4.78 is 10.2. The molecule has 0 spiro atoms. The molecule has 31 heavy (non-hydrogen) atoms. The fourth-order valence-electron chi connectivity index (χ4n) is 3.90. The Hall–Kier alpha value is -3.74. The van der Waals surface area contributed by atoms with Crippen molar-refractivity contribution in [3.05, 3.63) is 71.8 Å². The lowest BCUT2D eigenvalue weighted by Gasteiger charge is -2.15. The van der Waals surface area contributed by atoms with Crippen molar-refractivity contribution in [2.45, 2.75) is 12.8 Å². The number of nitrogens with zero attached hydrogens (tertiary/aromatic N) is 1. The molecule has 2 amide bonds. The van der Waals surface area contributed by atoms with Crippen molar-refractivity contribution in [3.63, 3.8) is 0 Å². The Morgan fingerprint density at radius 1 is 0.935 bits per heavy atom. The third kappa shape index (κ3) is 3.99. The molecule has 1 fully saturated rings. The number of rotatable bonds is 6. The fourth-order valence-corrected chi connectivity index (χ4v) is 3.90. The third-order valence-electron chi connectivity index (χ3n) is 5.59. The molecule has 2 atom stereocenters. The van der Waals surface area contributed by atoms with Gasteiger partial charge in [0.2, 0.25) is 11.8 Å². The Morgan fingerprint density at radius 2 is 1.58 bits per heavy atom. The maximum absolute atomic E-state index is 12.7. The largest absolute Gasteiger partial charge is 0.497 e. The van der Waals surface area contributed by atoms with Gasteiger partial charge in [0.25, 0.3) is 0 Å². The molecular formula is C24H21NO6. The van der Waals surface area contributed by atoms with Crippen LogP contribution in [0.4, 0.5) is 5.69 Å². The molecule has 0 N–H and O–H groups in total. The second kappa shape index (κ2) is 8.55. The normalized spacial score (nSPS) is 19.8. The number of benzene rings is 2. The highest BCUT2D eigenvalue weighted by molar-refractivity contribution is 6.22. The van der Waals surface area contributed by atoms with Crippen LogP contribution in [0.15, 0.2) is 60.7 Å². The van der Waals surface area contributed by atoms with E-state index < -0.39 is 12.6 Å². The predicted molar refractivity (Wildman–Crippen MR) is 112 cm³/mol. The van der Waals surface area contributed by atoms with Crippen LogP contribution in [-0.2, 0) is 14.3 Å². The van der Waals surface area contributed by atoms with Crippen LogP contribution in [0.2, 0.25) is 0 Å². The van der Waals surface area contributed by atoms with Crippen molar-refractivity contribution in [2.24, 2.45) is 11.8 Å². The van der Waals surface area contributed by atoms with Crippen molar-refractivity contribution in [1.29, 1.82) is 0 Å². The number of imide groups is 1.